The highest BCUT2D eigenvalue weighted by atomic mass is 32.2. The molecule has 6 heteroatoms. The third kappa shape index (κ3) is 4.62. The van der Waals surface area contributed by atoms with Gasteiger partial charge >= 0.3 is 0 Å². The number of hydrogen-bond donors (Lipinski definition) is 2. The lowest BCUT2D eigenvalue weighted by Gasteiger charge is -2.10. The average molecular weight is 379 g/mol. The van der Waals surface area contributed by atoms with E-state index in [0.29, 0.717) is 0 Å². The Hall–Kier alpha value is -3.38. The van der Waals surface area contributed by atoms with Crippen LogP contribution in [0.4, 0.5) is 5.69 Å². The Bertz CT molecular complexity index is 1080. The Morgan fingerprint density at radius 3 is 2.19 bits per heavy atom. The molecule has 0 heterocycles. The second-order valence-corrected chi connectivity index (χ2v) is 7.44. The zero-order valence-corrected chi connectivity index (χ0v) is 15.1. The summed E-state index contributed by atoms with van der Waals surface area (Å²) in [5, 5.41) is 9.99. The molecular formula is C21H17NO4S. The lowest BCUT2D eigenvalue weighted by atomic mass is 10.1. The van der Waals surface area contributed by atoms with Crippen molar-refractivity contribution in [2.45, 2.75) is 4.90 Å². The van der Waals surface area contributed by atoms with Crippen molar-refractivity contribution < 1.29 is 18.3 Å². The van der Waals surface area contributed by atoms with Gasteiger partial charge in [-0.2, -0.15) is 0 Å². The normalized spacial score (nSPS) is 11.4. The summed E-state index contributed by atoms with van der Waals surface area (Å²) in [4.78, 5) is 12.5. The first kappa shape index (κ1) is 18.4. The number of phenolic OH excluding ortho intramolecular Hbond substituents is 1. The van der Waals surface area contributed by atoms with Crippen LogP contribution in [0.25, 0.3) is 6.08 Å². The van der Waals surface area contributed by atoms with Gasteiger partial charge in [0.1, 0.15) is 5.75 Å². The molecule has 0 saturated carbocycles. The highest BCUT2D eigenvalue weighted by molar-refractivity contribution is 7.92. The van der Waals surface area contributed by atoms with E-state index >= 15 is 0 Å². The van der Waals surface area contributed by atoms with Gasteiger partial charge in [0.25, 0.3) is 10.0 Å². The maximum atomic E-state index is 12.4. The van der Waals surface area contributed by atoms with E-state index in [1.54, 1.807) is 24.3 Å². The minimum absolute atomic E-state index is 0.00967. The fourth-order valence-corrected chi connectivity index (χ4v) is 3.51. The maximum absolute atomic E-state index is 12.4. The number of phenols is 1. The van der Waals surface area contributed by atoms with Crippen molar-refractivity contribution in [3.05, 3.63) is 96.1 Å². The zero-order valence-electron chi connectivity index (χ0n) is 14.2. The summed E-state index contributed by atoms with van der Waals surface area (Å²) in [6, 6.07) is 21.1. The highest BCUT2D eigenvalue weighted by Crippen LogP contribution is 2.24. The number of ketones is 1. The molecule has 0 unspecified atom stereocenters. The van der Waals surface area contributed by atoms with Crippen LogP contribution in [0.3, 0.4) is 0 Å². The van der Waals surface area contributed by atoms with E-state index < -0.39 is 15.8 Å². The summed E-state index contributed by atoms with van der Waals surface area (Å²) in [5.74, 6) is -0.655. The number of carbonyl (C=O) groups excluding carboxylic acids is 1. The van der Waals surface area contributed by atoms with Gasteiger partial charge in [-0.1, -0.05) is 54.6 Å². The van der Waals surface area contributed by atoms with Gasteiger partial charge in [0.05, 0.1) is 10.5 Å². The first-order valence-electron chi connectivity index (χ1n) is 8.14. The molecule has 5 nitrogen and oxygen atoms in total. The van der Waals surface area contributed by atoms with Gasteiger partial charge in [0.15, 0.2) is 5.78 Å². The van der Waals surface area contributed by atoms with Crippen LogP contribution < -0.4 is 4.72 Å². The first-order valence-corrected chi connectivity index (χ1v) is 9.62. The number of rotatable bonds is 6. The quantitative estimate of drug-likeness (QED) is 0.384. The second kappa shape index (κ2) is 7.88. The van der Waals surface area contributed by atoms with Gasteiger partial charge in [-0.05, 0) is 42.0 Å². The summed E-state index contributed by atoms with van der Waals surface area (Å²) >= 11 is 0. The maximum Gasteiger partial charge on any atom is 0.261 e. The highest BCUT2D eigenvalue weighted by Gasteiger charge is 2.16. The molecular weight excluding hydrogens is 362 g/mol. The molecule has 27 heavy (non-hydrogen) atoms. The Kier molecular flexibility index (Phi) is 5.38. The number of sulfonamides is 1. The smallest absolute Gasteiger partial charge is 0.261 e. The fraction of sp³-hybridized carbons (Fsp3) is 0. The van der Waals surface area contributed by atoms with Crippen molar-refractivity contribution in [3.8, 4) is 5.75 Å². The number of allylic oxidation sites excluding steroid dienone is 1. The number of benzene rings is 3. The van der Waals surface area contributed by atoms with Crippen molar-refractivity contribution in [2.75, 3.05) is 4.72 Å². The molecule has 0 radical (unpaired) electrons. The summed E-state index contributed by atoms with van der Waals surface area (Å²) in [5.41, 5.74) is 1.04. The van der Waals surface area contributed by atoms with Crippen LogP contribution in [0.15, 0.2) is 89.8 Å². The Balaban J connectivity index is 1.84. The van der Waals surface area contributed by atoms with Crippen LogP contribution in [0.1, 0.15) is 15.9 Å². The van der Waals surface area contributed by atoms with Crippen LogP contribution in [0, 0.1) is 0 Å². The first-order chi connectivity index (χ1) is 13.0. The van der Waals surface area contributed by atoms with Gasteiger partial charge in [-0.3, -0.25) is 9.52 Å². The molecule has 3 rings (SSSR count). The third-order valence-corrected chi connectivity index (χ3v) is 5.19. The molecule has 0 aliphatic rings. The number of hydrogen-bond acceptors (Lipinski definition) is 4. The standard InChI is InChI=1S/C21H17NO4S/c23-20(13-11-16-7-3-1-4-8-16)19-15-17(12-14-21(19)24)22-27(25,26)18-9-5-2-6-10-18/h1-15,22,24H/b13-11+. The van der Waals surface area contributed by atoms with Crippen LogP contribution in [-0.2, 0) is 10.0 Å². The van der Waals surface area contributed by atoms with Gasteiger partial charge in [-0.25, -0.2) is 8.42 Å². The molecule has 136 valence electrons. The second-order valence-electron chi connectivity index (χ2n) is 5.76. The lowest BCUT2D eigenvalue weighted by molar-refractivity contribution is 0.104. The molecule has 0 aliphatic heterocycles. The molecule has 0 saturated heterocycles. The number of carbonyl (C=O) groups is 1. The zero-order chi connectivity index (χ0) is 19.3. The van der Waals surface area contributed by atoms with E-state index in [0.717, 1.165) is 5.56 Å². The Morgan fingerprint density at radius 1 is 0.889 bits per heavy atom. The van der Waals surface area contributed by atoms with E-state index in [9.17, 15) is 18.3 Å². The molecule has 2 N–H and O–H groups in total. The molecule has 3 aromatic rings. The monoisotopic (exact) mass is 379 g/mol. The molecule has 3 aromatic carbocycles. The van der Waals surface area contributed by atoms with Crippen molar-refractivity contribution in [1.29, 1.82) is 0 Å². The summed E-state index contributed by atoms with van der Waals surface area (Å²) in [6.45, 7) is 0. The van der Waals surface area contributed by atoms with Gasteiger partial charge in [0, 0.05) is 5.69 Å². The third-order valence-electron chi connectivity index (χ3n) is 3.79. The fourth-order valence-electron chi connectivity index (χ4n) is 2.44. The van der Waals surface area contributed by atoms with E-state index in [1.165, 1.54) is 36.4 Å². The van der Waals surface area contributed by atoms with E-state index in [-0.39, 0.29) is 21.9 Å². The minimum Gasteiger partial charge on any atom is -0.507 e. The number of anilines is 1. The SMILES string of the molecule is O=C(/C=C/c1ccccc1)c1cc(NS(=O)(=O)c2ccccc2)ccc1O. The molecule has 0 fully saturated rings. The Labute approximate surface area is 157 Å². The van der Waals surface area contributed by atoms with Crippen molar-refractivity contribution >= 4 is 27.6 Å². The predicted octanol–water partition coefficient (Wildman–Crippen LogP) is 4.09. The number of aromatic hydroxyl groups is 1. The predicted molar refractivity (Wildman–Crippen MR) is 105 cm³/mol. The van der Waals surface area contributed by atoms with E-state index in [1.807, 2.05) is 30.3 Å². The van der Waals surface area contributed by atoms with Crippen molar-refractivity contribution in [1.82, 2.24) is 0 Å². The molecule has 0 amide bonds. The molecule has 0 aromatic heterocycles. The average Bonchev–Trinajstić information content (AvgIpc) is 2.69. The molecule has 0 bridgehead atoms. The largest absolute Gasteiger partial charge is 0.507 e. The van der Waals surface area contributed by atoms with Crippen LogP contribution in [0.5, 0.6) is 5.75 Å². The van der Waals surface area contributed by atoms with Crippen LogP contribution in [-0.4, -0.2) is 19.3 Å². The number of nitrogens with one attached hydrogen (secondary N) is 1. The summed E-state index contributed by atoms with van der Waals surface area (Å²) in [7, 11) is -3.78. The van der Waals surface area contributed by atoms with Crippen molar-refractivity contribution in [2.24, 2.45) is 0 Å². The van der Waals surface area contributed by atoms with Crippen molar-refractivity contribution in [3.63, 3.8) is 0 Å². The van der Waals surface area contributed by atoms with E-state index in [2.05, 4.69) is 4.72 Å². The lowest BCUT2D eigenvalue weighted by Crippen LogP contribution is -2.13. The Morgan fingerprint density at radius 2 is 1.52 bits per heavy atom. The summed E-state index contributed by atoms with van der Waals surface area (Å²) < 4.78 is 27.2. The molecule has 0 atom stereocenters. The van der Waals surface area contributed by atoms with Crippen LogP contribution >= 0.6 is 0 Å². The molecule has 0 spiro atoms. The van der Waals surface area contributed by atoms with E-state index in [4.69, 9.17) is 0 Å². The van der Waals surface area contributed by atoms with Crippen LogP contribution in [0.2, 0.25) is 0 Å². The van der Waals surface area contributed by atoms with Gasteiger partial charge in [-0.15, -0.1) is 0 Å². The van der Waals surface area contributed by atoms with Gasteiger partial charge < -0.3 is 5.11 Å². The minimum atomic E-state index is -3.78. The topological polar surface area (TPSA) is 83.5 Å². The van der Waals surface area contributed by atoms with Gasteiger partial charge in [0.2, 0.25) is 0 Å². The summed E-state index contributed by atoms with van der Waals surface area (Å²) in [6.07, 6.45) is 2.96. The molecule has 0 aliphatic carbocycles.